The molecule has 5 nitrogen and oxygen atoms in total. The van der Waals surface area contributed by atoms with Gasteiger partial charge in [-0.05, 0) is 19.3 Å². The molecule has 1 aromatic heterocycles. The summed E-state index contributed by atoms with van der Waals surface area (Å²) in [5, 5.41) is 3.37. The minimum atomic E-state index is -0.184. The number of nitrogens with zero attached hydrogens (tertiary/aromatic N) is 2. The van der Waals surface area contributed by atoms with Crippen LogP contribution in [0.4, 0.5) is 5.82 Å². The zero-order chi connectivity index (χ0) is 13.6. The summed E-state index contributed by atoms with van der Waals surface area (Å²) in [7, 11) is 0. The Kier molecular flexibility index (Phi) is 5.34. The molecule has 0 aliphatic rings. The second-order valence-corrected chi connectivity index (χ2v) is 4.99. The van der Waals surface area contributed by atoms with Crippen molar-refractivity contribution in [1.82, 2.24) is 9.97 Å². The molecule has 0 fully saturated rings. The number of nitrogens with two attached hydrogens (primary N) is 1. The molecule has 1 aromatic rings. The third-order valence-electron chi connectivity index (χ3n) is 3.21. The van der Waals surface area contributed by atoms with Crippen molar-refractivity contribution in [2.24, 2.45) is 11.7 Å². The highest BCUT2D eigenvalue weighted by Gasteiger charge is 2.26. The minimum absolute atomic E-state index is 0.184. The van der Waals surface area contributed by atoms with Gasteiger partial charge in [-0.1, -0.05) is 20.8 Å². The molecule has 0 spiro atoms. The van der Waals surface area contributed by atoms with E-state index in [9.17, 15) is 0 Å². The molecule has 0 saturated heterocycles. The molecule has 0 radical (unpaired) electrons. The van der Waals surface area contributed by atoms with E-state index in [1.165, 1.54) is 6.33 Å². The Labute approximate surface area is 109 Å². The number of ether oxygens (including phenoxy) is 1. The Bertz CT molecular complexity index is 370. The molecule has 102 valence electrons. The fourth-order valence-corrected chi connectivity index (χ4v) is 1.42. The van der Waals surface area contributed by atoms with E-state index in [2.05, 4.69) is 43.0 Å². The van der Waals surface area contributed by atoms with E-state index in [4.69, 9.17) is 10.5 Å². The summed E-state index contributed by atoms with van der Waals surface area (Å²) >= 11 is 0. The molecular weight excluding hydrogens is 228 g/mol. The van der Waals surface area contributed by atoms with Gasteiger partial charge in [-0.2, -0.15) is 0 Å². The number of hydrogen-bond acceptors (Lipinski definition) is 5. The van der Waals surface area contributed by atoms with E-state index < -0.39 is 0 Å². The predicted molar refractivity (Wildman–Crippen MR) is 73.7 cm³/mol. The topological polar surface area (TPSA) is 73.1 Å². The Morgan fingerprint density at radius 3 is 2.72 bits per heavy atom. The van der Waals surface area contributed by atoms with E-state index in [1.807, 2.05) is 6.07 Å². The Morgan fingerprint density at radius 1 is 1.44 bits per heavy atom. The van der Waals surface area contributed by atoms with Gasteiger partial charge in [0.05, 0.1) is 12.1 Å². The minimum Gasteiger partial charge on any atom is -0.478 e. The maximum Gasteiger partial charge on any atom is 0.218 e. The number of nitrogens with one attached hydrogen (secondary N) is 1. The van der Waals surface area contributed by atoms with Crippen molar-refractivity contribution in [3.05, 3.63) is 12.4 Å². The summed E-state index contributed by atoms with van der Waals surface area (Å²) in [5.74, 6) is 1.74. The van der Waals surface area contributed by atoms with Crippen molar-refractivity contribution in [3.63, 3.8) is 0 Å². The van der Waals surface area contributed by atoms with Gasteiger partial charge in [0.1, 0.15) is 12.1 Å². The molecular formula is C13H24N4O. The average Bonchev–Trinajstić information content (AvgIpc) is 2.36. The van der Waals surface area contributed by atoms with Crippen molar-refractivity contribution in [3.8, 4) is 5.88 Å². The smallest absolute Gasteiger partial charge is 0.218 e. The van der Waals surface area contributed by atoms with E-state index in [0.717, 1.165) is 12.2 Å². The van der Waals surface area contributed by atoms with E-state index >= 15 is 0 Å². The van der Waals surface area contributed by atoms with Crippen LogP contribution in [0.5, 0.6) is 5.88 Å². The first kappa shape index (κ1) is 14.7. The van der Waals surface area contributed by atoms with Crippen LogP contribution in [-0.4, -0.2) is 28.7 Å². The zero-order valence-corrected chi connectivity index (χ0v) is 11.7. The molecule has 5 heteroatoms. The van der Waals surface area contributed by atoms with Crippen LogP contribution in [0.2, 0.25) is 0 Å². The molecule has 18 heavy (non-hydrogen) atoms. The number of hydrogen-bond donors (Lipinski definition) is 2. The van der Waals surface area contributed by atoms with Crippen LogP contribution in [0.25, 0.3) is 0 Å². The summed E-state index contributed by atoms with van der Waals surface area (Å²) in [5.41, 5.74) is 5.65. The van der Waals surface area contributed by atoms with Crippen LogP contribution in [0.15, 0.2) is 12.4 Å². The highest BCUT2D eigenvalue weighted by Crippen LogP contribution is 2.22. The van der Waals surface area contributed by atoms with E-state index in [-0.39, 0.29) is 5.54 Å². The van der Waals surface area contributed by atoms with Gasteiger partial charge in [-0.3, -0.25) is 0 Å². The standard InChI is InChI=1S/C13H24N4O/c1-5-6-18-12-7-11(15-9-16-12)17-13(4,8-14)10(2)3/h7,9-10H,5-6,8,14H2,1-4H3,(H,15,16,17). The molecule has 0 saturated carbocycles. The number of aromatic nitrogens is 2. The molecule has 1 heterocycles. The molecule has 1 rings (SSSR count). The molecule has 0 amide bonds. The van der Waals surface area contributed by atoms with Crippen molar-refractivity contribution >= 4 is 5.82 Å². The van der Waals surface area contributed by atoms with Crippen molar-refractivity contribution in [1.29, 1.82) is 0 Å². The number of rotatable bonds is 7. The van der Waals surface area contributed by atoms with E-state index in [1.54, 1.807) is 0 Å². The highest BCUT2D eigenvalue weighted by molar-refractivity contribution is 5.40. The second-order valence-electron chi connectivity index (χ2n) is 4.99. The van der Waals surface area contributed by atoms with Gasteiger partial charge in [0.25, 0.3) is 0 Å². The van der Waals surface area contributed by atoms with Crippen LogP contribution in [0.1, 0.15) is 34.1 Å². The molecule has 1 unspecified atom stereocenters. The van der Waals surface area contributed by atoms with Crippen molar-refractivity contribution in [2.75, 3.05) is 18.5 Å². The third-order valence-corrected chi connectivity index (χ3v) is 3.21. The van der Waals surface area contributed by atoms with E-state index in [0.29, 0.717) is 24.9 Å². The monoisotopic (exact) mass is 252 g/mol. The third kappa shape index (κ3) is 3.84. The molecule has 0 bridgehead atoms. The van der Waals surface area contributed by atoms with Gasteiger partial charge in [0, 0.05) is 12.6 Å². The molecule has 0 aliphatic heterocycles. The maximum atomic E-state index is 5.84. The van der Waals surface area contributed by atoms with Crippen LogP contribution >= 0.6 is 0 Å². The molecule has 1 atom stereocenters. The quantitative estimate of drug-likeness (QED) is 0.777. The Morgan fingerprint density at radius 2 is 2.17 bits per heavy atom. The summed E-state index contributed by atoms with van der Waals surface area (Å²) in [4.78, 5) is 8.28. The number of anilines is 1. The summed E-state index contributed by atoms with van der Waals surface area (Å²) in [6, 6.07) is 1.81. The lowest BCUT2D eigenvalue weighted by Gasteiger charge is -2.34. The lowest BCUT2D eigenvalue weighted by atomic mass is 9.88. The van der Waals surface area contributed by atoms with Gasteiger partial charge in [-0.25, -0.2) is 9.97 Å². The van der Waals surface area contributed by atoms with Crippen LogP contribution in [0, 0.1) is 5.92 Å². The zero-order valence-electron chi connectivity index (χ0n) is 11.7. The maximum absolute atomic E-state index is 5.84. The lowest BCUT2D eigenvalue weighted by Crippen LogP contribution is -2.47. The fraction of sp³-hybridized carbons (Fsp3) is 0.692. The second kappa shape index (κ2) is 6.54. The Balaban J connectivity index is 2.77. The first-order valence-electron chi connectivity index (χ1n) is 6.45. The van der Waals surface area contributed by atoms with Crippen LogP contribution in [-0.2, 0) is 0 Å². The first-order chi connectivity index (χ1) is 8.51. The highest BCUT2D eigenvalue weighted by atomic mass is 16.5. The lowest BCUT2D eigenvalue weighted by molar-refractivity contribution is 0.304. The van der Waals surface area contributed by atoms with Gasteiger partial charge < -0.3 is 15.8 Å². The van der Waals surface area contributed by atoms with Crippen molar-refractivity contribution in [2.45, 2.75) is 39.7 Å². The van der Waals surface area contributed by atoms with Gasteiger partial charge in [0.15, 0.2) is 0 Å². The fourth-order valence-electron chi connectivity index (χ4n) is 1.42. The molecule has 3 N–H and O–H groups in total. The largest absolute Gasteiger partial charge is 0.478 e. The van der Waals surface area contributed by atoms with Crippen LogP contribution in [0.3, 0.4) is 0 Å². The predicted octanol–water partition coefficient (Wildman–Crippen LogP) is 2.05. The SMILES string of the molecule is CCCOc1cc(NC(C)(CN)C(C)C)ncn1. The molecule has 0 aromatic carbocycles. The average molecular weight is 252 g/mol. The van der Waals surface area contributed by atoms with Crippen molar-refractivity contribution < 1.29 is 4.74 Å². The van der Waals surface area contributed by atoms with Gasteiger partial charge in [-0.15, -0.1) is 0 Å². The Hall–Kier alpha value is -1.36. The van der Waals surface area contributed by atoms with Gasteiger partial charge in [0.2, 0.25) is 5.88 Å². The summed E-state index contributed by atoms with van der Waals surface area (Å²) < 4.78 is 5.48. The molecule has 0 aliphatic carbocycles. The normalized spacial score (nSPS) is 14.3. The first-order valence-corrected chi connectivity index (χ1v) is 6.45. The summed E-state index contributed by atoms with van der Waals surface area (Å²) in [6.45, 7) is 9.62. The van der Waals surface area contributed by atoms with Gasteiger partial charge >= 0.3 is 0 Å². The summed E-state index contributed by atoms with van der Waals surface area (Å²) in [6.07, 6.45) is 2.46. The van der Waals surface area contributed by atoms with Crippen LogP contribution < -0.4 is 15.8 Å².